The number of hydrogen-bond acceptors (Lipinski definition) is 3. The molecule has 1 aliphatic carbocycles. The maximum Gasteiger partial charge on any atom is 0.454 e. The number of ketones is 1. The van der Waals surface area contributed by atoms with Crippen LogP contribution in [-0.4, -0.2) is 17.9 Å². The van der Waals surface area contributed by atoms with Crippen molar-refractivity contribution in [3.63, 3.8) is 0 Å². The van der Waals surface area contributed by atoms with Crippen LogP contribution in [0, 0.1) is 0 Å². The Morgan fingerprint density at radius 1 is 1.00 bits per heavy atom. The van der Waals surface area contributed by atoms with E-state index in [9.17, 15) is 22.8 Å². The molecule has 0 aliphatic heterocycles. The molecule has 0 saturated carbocycles. The summed E-state index contributed by atoms with van der Waals surface area (Å²) in [5, 5.41) is 0. The fourth-order valence-electron chi connectivity index (χ4n) is 2.75. The highest BCUT2D eigenvalue weighted by atomic mass is 19.4. The van der Waals surface area contributed by atoms with E-state index in [-0.39, 0.29) is 30.0 Å². The lowest BCUT2D eigenvalue weighted by Crippen LogP contribution is -2.39. The molecule has 0 saturated heterocycles. The quantitative estimate of drug-likeness (QED) is 0.768. The van der Waals surface area contributed by atoms with Crippen LogP contribution in [0.4, 0.5) is 13.2 Å². The molecule has 136 valence electrons. The van der Waals surface area contributed by atoms with E-state index in [0.29, 0.717) is 25.7 Å². The summed E-state index contributed by atoms with van der Waals surface area (Å²) in [6, 6.07) is 9.42. The van der Waals surface area contributed by atoms with Crippen molar-refractivity contribution in [1.82, 2.24) is 10.9 Å². The van der Waals surface area contributed by atoms with Gasteiger partial charge in [0, 0.05) is 17.7 Å². The highest BCUT2D eigenvalue weighted by molar-refractivity contribution is 6.00. The van der Waals surface area contributed by atoms with Crippen LogP contribution in [0.25, 0.3) is 0 Å². The summed E-state index contributed by atoms with van der Waals surface area (Å²) in [4.78, 5) is 23.5. The van der Waals surface area contributed by atoms with Crippen molar-refractivity contribution in [3.05, 3.63) is 47.2 Å². The Balaban J connectivity index is 1.96. The second-order valence-corrected chi connectivity index (χ2v) is 6.00. The maximum absolute atomic E-state index is 12.7. The van der Waals surface area contributed by atoms with Gasteiger partial charge in [0.15, 0.2) is 0 Å². The Kier molecular flexibility index (Phi) is 6.61. The molecule has 25 heavy (non-hydrogen) atoms. The van der Waals surface area contributed by atoms with Crippen LogP contribution in [0.1, 0.15) is 44.1 Å². The van der Waals surface area contributed by atoms with Crippen LogP contribution in [0.15, 0.2) is 41.6 Å². The van der Waals surface area contributed by atoms with Gasteiger partial charge in [-0.15, -0.1) is 0 Å². The Morgan fingerprint density at radius 2 is 1.68 bits per heavy atom. The third-order valence-electron chi connectivity index (χ3n) is 4.09. The molecule has 0 radical (unpaired) electrons. The topological polar surface area (TPSA) is 58.2 Å². The van der Waals surface area contributed by atoms with Crippen LogP contribution in [-0.2, 0) is 16.0 Å². The lowest BCUT2D eigenvalue weighted by molar-refractivity contribution is -0.166. The van der Waals surface area contributed by atoms with Gasteiger partial charge in [0.25, 0.3) is 5.78 Å². The summed E-state index contributed by atoms with van der Waals surface area (Å²) in [6.45, 7) is 0. The molecule has 1 aliphatic rings. The molecule has 0 atom stereocenters. The number of allylic oxidation sites excluding steroid dienone is 2. The highest BCUT2D eigenvalue weighted by Crippen LogP contribution is 2.29. The summed E-state index contributed by atoms with van der Waals surface area (Å²) in [5.74, 6) is -2.16. The van der Waals surface area contributed by atoms with Gasteiger partial charge in [0.1, 0.15) is 0 Å². The van der Waals surface area contributed by atoms with E-state index < -0.39 is 12.0 Å². The molecular weight excluding hydrogens is 333 g/mol. The third kappa shape index (κ3) is 5.92. The van der Waals surface area contributed by atoms with Gasteiger partial charge in [0.05, 0.1) is 0 Å². The number of nitrogens with one attached hydrogen (secondary N) is 2. The standard InChI is InChI=1S/C18H21F3N2O2/c19-18(20,21)17(25)14-9-5-2-6-10-15(14)22-23-16(24)12-11-13-7-3-1-4-8-13/h1,3-4,7-8,22H,2,5-6,9-12H2,(H,23,24). The monoisotopic (exact) mass is 354 g/mol. The normalized spacial score (nSPS) is 15.5. The first-order valence-electron chi connectivity index (χ1n) is 8.30. The largest absolute Gasteiger partial charge is 0.454 e. The SMILES string of the molecule is O=C(CCc1ccccc1)NNC1=C(C(=O)C(F)(F)F)CCCCC1. The smallest absolute Gasteiger partial charge is 0.302 e. The van der Waals surface area contributed by atoms with Crippen LogP contribution in [0.3, 0.4) is 0 Å². The molecule has 1 aromatic carbocycles. The second kappa shape index (κ2) is 8.69. The number of rotatable bonds is 6. The number of halogens is 3. The van der Waals surface area contributed by atoms with E-state index in [1.807, 2.05) is 30.3 Å². The van der Waals surface area contributed by atoms with E-state index in [1.54, 1.807) is 0 Å². The molecule has 0 fully saturated rings. The molecular formula is C18H21F3N2O2. The molecule has 2 rings (SSSR count). The number of hydrazine groups is 1. The van der Waals surface area contributed by atoms with E-state index in [0.717, 1.165) is 12.0 Å². The Labute approximate surface area is 144 Å². The van der Waals surface area contributed by atoms with Crippen molar-refractivity contribution in [1.29, 1.82) is 0 Å². The molecule has 7 heteroatoms. The van der Waals surface area contributed by atoms with Crippen molar-refractivity contribution < 1.29 is 22.8 Å². The highest BCUT2D eigenvalue weighted by Gasteiger charge is 2.41. The second-order valence-electron chi connectivity index (χ2n) is 6.00. The lowest BCUT2D eigenvalue weighted by Gasteiger charge is -2.16. The van der Waals surface area contributed by atoms with Crippen molar-refractivity contribution in [2.24, 2.45) is 0 Å². The van der Waals surface area contributed by atoms with Crippen molar-refractivity contribution >= 4 is 11.7 Å². The van der Waals surface area contributed by atoms with Crippen LogP contribution >= 0.6 is 0 Å². The molecule has 0 aromatic heterocycles. The number of alkyl halides is 3. The first-order chi connectivity index (χ1) is 11.9. The molecule has 0 bridgehead atoms. The number of carbonyl (C=O) groups excluding carboxylic acids is 2. The first-order valence-corrected chi connectivity index (χ1v) is 8.30. The van der Waals surface area contributed by atoms with E-state index >= 15 is 0 Å². The zero-order valence-corrected chi connectivity index (χ0v) is 13.8. The zero-order valence-electron chi connectivity index (χ0n) is 13.8. The fraction of sp³-hybridized carbons (Fsp3) is 0.444. The predicted octanol–water partition coefficient (Wildman–Crippen LogP) is 3.59. The minimum atomic E-state index is -4.90. The average molecular weight is 354 g/mol. The Bertz CT molecular complexity index is 639. The van der Waals surface area contributed by atoms with Gasteiger partial charge in [-0.25, -0.2) is 0 Å². The molecule has 0 spiro atoms. The summed E-state index contributed by atoms with van der Waals surface area (Å²) < 4.78 is 38.2. The summed E-state index contributed by atoms with van der Waals surface area (Å²) >= 11 is 0. The van der Waals surface area contributed by atoms with Crippen LogP contribution in [0.2, 0.25) is 0 Å². The first kappa shape index (κ1) is 19.0. The molecule has 0 heterocycles. The van der Waals surface area contributed by atoms with Crippen LogP contribution < -0.4 is 10.9 Å². The number of benzene rings is 1. The molecule has 4 nitrogen and oxygen atoms in total. The van der Waals surface area contributed by atoms with Gasteiger partial charge in [0.2, 0.25) is 5.91 Å². The molecule has 1 aromatic rings. The predicted molar refractivity (Wildman–Crippen MR) is 87.2 cm³/mol. The third-order valence-corrected chi connectivity index (χ3v) is 4.09. The van der Waals surface area contributed by atoms with Gasteiger partial charge in [-0.1, -0.05) is 36.8 Å². The van der Waals surface area contributed by atoms with E-state index in [4.69, 9.17) is 0 Å². The fourth-order valence-corrected chi connectivity index (χ4v) is 2.75. The number of Topliss-reactive ketones (excluding diaryl/α,β-unsaturated/α-hetero) is 1. The zero-order chi connectivity index (χ0) is 18.3. The molecule has 2 N–H and O–H groups in total. The number of aryl methyl sites for hydroxylation is 1. The number of hydrogen-bond donors (Lipinski definition) is 2. The van der Waals surface area contributed by atoms with Gasteiger partial charge in [-0.2, -0.15) is 13.2 Å². The Morgan fingerprint density at radius 3 is 2.36 bits per heavy atom. The van der Waals surface area contributed by atoms with Gasteiger partial charge < -0.3 is 5.43 Å². The van der Waals surface area contributed by atoms with Crippen molar-refractivity contribution in [3.8, 4) is 0 Å². The summed E-state index contributed by atoms with van der Waals surface area (Å²) in [5.41, 5.74) is 5.88. The molecule has 1 amide bonds. The maximum atomic E-state index is 12.7. The van der Waals surface area contributed by atoms with Crippen molar-refractivity contribution in [2.75, 3.05) is 0 Å². The van der Waals surface area contributed by atoms with E-state index in [2.05, 4.69) is 10.9 Å². The molecule has 0 unspecified atom stereocenters. The minimum Gasteiger partial charge on any atom is -0.302 e. The lowest BCUT2D eigenvalue weighted by atomic mass is 10.0. The number of amides is 1. The van der Waals surface area contributed by atoms with Gasteiger partial charge >= 0.3 is 6.18 Å². The average Bonchev–Trinajstić information content (AvgIpc) is 2.83. The number of carbonyl (C=O) groups is 2. The van der Waals surface area contributed by atoms with Gasteiger partial charge in [-0.05, 0) is 37.7 Å². The van der Waals surface area contributed by atoms with Gasteiger partial charge in [-0.3, -0.25) is 15.0 Å². The van der Waals surface area contributed by atoms with Crippen molar-refractivity contribution in [2.45, 2.75) is 51.1 Å². The summed E-state index contributed by atoms with van der Waals surface area (Å²) in [7, 11) is 0. The summed E-state index contributed by atoms with van der Waals surface area (Å²) in [6.07, 6.45) is -1.82. The van der Waals surface area contributed by atoms with Crippen LogP contribution in [0.5, 0.6) is 0 Å². The van der Waals surface area contributed by atoms with E-state index in [1.165, 1.54) is 0 Å². The Hall–Kier alpha value is -2.31. The minimum absolute atomic E-state index is 0.0700.